The predicted octanol–water partition coefficient (Wildman–Crippen LogP) is 1.16. The fourth-order valence-electron chi connectivity index (χ4n) is 2.96. The van der Waals surface area contributed by atoms with E-state index in [2.05, 4.69) is 19.2 Å². The molecule has 2 amide bonds. The molecule has 4 nitrogen and oxygen atoms in total. The lowest BCUT2D eigenvalue weighted by atomic mass is 9.78. The first-order valence-corrected chi connectivity index (χ1v) is 6.57. The molecule has 0 spiro atoms. The quantitative estimate of drug-likeness (QED) is 0.734. The summed E-state index contributed by atoms with van der Waals surface area (Å²) in [6.07, 6.45) is 3.94. The van der Waals surface area contributed by atoms with Gasteiger partial charge in [-0.05, 0) is 18.3 Å². The van der Waals surface area contributed by atoms with E-state index in [1.165, 1.54) is 17.7 Å². The standard InChI is InChI=1S/C13H22N2O2/c1-8-5-4-6-10(9(8)2)14-11-7-12(16)15(3)13(11)17/h8-11,14H,4-7H2,1-3H3. The summed E-state index contributed by atoms with van der Waals surface area (Å²) in [4.78, 5) is 24.5. The van der Waals surface area contributed by atoms with Gasteiger partial charge in [0, 0.05) is 13.1 Å². The van der Waals surface area contributed by atoms with Gasteiger partial charge in [0.2, 0.25) is 11.8 Å². The molecule has 2 aliphatic rings. The molecule has 0 aromatic heterocycles. The van der Waals surface area contributed by atoms with Crippen molar-refractivity contribution in [3.8, 4) is 0 Å². The minimum absolute atomic E-state index is 0.0657. The van der Waals surface area contributed by atoms with Crippen LogP contribution in [0.5, 0.6) is 0 Å². The monoisotopic (exact) mass is 238 g/mol. The Balaban J connectivity index is 1.97. The maximum Gasteiger partial charge on any atom is 0.246 e. The minimum Gasteiger partial charge on any atom is -0.302 e. The highest BCUT2D eigenvalue weighted by molar-refractivity contribution is 6.05. The van der Waals surface area contributed by atoms with Crippen molar-refractivity contribution in [3.63, 3.8) is 0 Å². The third kappa shape index (κ3) is 2.37. The second kappa shape index (κ2) is 4.77. The lowest BCUT2D eigenvalue weighted by Crippen LogP contribution is -2.48. The zero-order chi connectivity index (χ0) is 12.6. The van der Waals surface area contributed by atoms with Crippen LogP contribution >= 0.6 is 0 Å². The lowest BCUT2D eigenvalue weighted by Gasteiger charge is -2.36. The topological polar surface area (TPSA) is 49.4 Å². The van der Waals surface area contributed by atoms with Crippen molar-refractivity contribution >= 4 is 11.8 Å². The van der Waals surface area contributed by atoms with Gasteiger partial charge in [0.15, 0.2) is 0 Å². The SMILES string of the molecule is CC1CCCC(NC2CC(=O)N(C)C2=O)C1C. The van der Waals surface area contributed by atoms with Crippen molar-refractivity contribution in [3.05, 3.63) is 0 Å². The van der Waals surface area contributed by atoms with Gasteiger partial charge in [-0.1, -0.05) is 26.7 Å². The summed E-state index contributed by atoms with van der Waals surface area (Å²) < 4.78 is 0. The number of likely N-dealkylation sites (N-methyl/N-ethyl adjacent to an activating group) is 1. The van der Waals surface area contributed by atoms with E-state index in [0.717, 1.165) is 6.42 Å². The maximum atomic E-state index is 11.8. The normalized spacial score (nSPS) is 38.9. The van der Waals surface area contributed by atoms with E-state index >= 15 is 0 Å². The number of rotatable bonds is 2. The Morgan fingerprint density at radius 2 is 1.94 bits per heavy atom. The molecule has 1 aliphatic carbocycles. The summed E-state index contributed by atoms with van der Waals surface area (Å²) in [5.41, 5.74) is 0. The highest BCUT2D eigenvalue weighted by Crippen LogP contribution is 2.30. The molecule has 17 heavy (non-hydrogen) atoms. The fourth-order valence-corrected chi connectivity index (χ4v) is 2.96. The Morgan fingerprint density at radius 1 is 1.24 bits per heavy atom. The first-order chi connectivity index (χ1) is 8.00. The summed E-state index contributed by atoms with van der Waals surface area (Å²) in [7, 11) is 1.57. The molecule has 4 heteroatoms. The number of hydrogen-bond donors (Lipinski definition) is 1. The number of likely N-dealkylation sites (tertiary alicyclic amines) is 1. The van der Waals surface area contributed by atoms with Crippen LogP contribution in [0.2, 0.25) is 0 Å². The first kappa shape index (κ1) is 12.6. The van der Waals surface area contributed by atoms with E-state index in [0.29, 0.717) is 24.3 Å². The molecule has 2 fully saturated rings. The number of nitrogens with zero attached hydrogens (tertiary/aromatic N) is 1. The molecule has 0 radical (unpaired) electrons. The number of nitrogens with one attached hydrogen (secondary N) is 1. The minimum atomic E-state index is -0.287. The second-order valence-electron chi connectivity index (χ2n) is 5.59. The van der Waals surface area contributed by atoms with E-state index in [9.17, 15) is 9.59 Å². The molecule has 4 atom stereocenters. The number of hydrogen-bond acceptors (Lipinski definition) is 3. The van der Waals surface area contributed by atoms with Gasteiger partial charge in [-0.15, -0.1) is 0 Å². The van der Waals surface area contributed by atoms with E-state index in [4.69, 9.17) is 0 Å². The molecule has 1 saturated heterocycles. The summed E-state index contributed by atoms with van der Waals surface area (Å²) in [6.45, 7) is 4.51. The molecule has 96 valence electrons. The predicted molar refractivity (Wildman–Crippen MR) is 65.3 cm³/mol. The second-order valence-corrected chi connectivity index (χ2v) is 5.59. The van der Waals surface area contributed by atoms with Gasteiger partial charge < -0.3 is 5.32 Å². The highest BCUT2D eigenvalue weighted by Gasteiger charge is 2.38. The molecule has 0 bridgehead atoms. The Labute approximate surface area is 103 Å². The van der Waals surface area contributed by atoms with E-state index < -0.39 is 0 Å². The molecule has 1 saturated carbocycles. The van der Waals surface area contributed by atoms with Gasteiger partial charge in [-0.2, -0.15) is 0 Å². The van der Waals surface area contributed by atoms with Gasteiger partial charge >= 0.3 is 0 Å². The van der Waals surface area contributed by atoms with Crippen molar-refractivity contribution in [2.24, 2.45) is 11.8 Å². The van der Waals surface area contributed by atoms with Crippen LogP contribution in [0.1, 0.15) is 39.5 Å². The molecular weight excluding hydrogens is 216 g/mol. The highest BCUT2D eigenvalue weighted by atomic mass is 16.2. The molecule has 1 N–H and O–H groups in total. The van der Waals surface area contributed by atoms with Gasteiger partial charge in [0.1, 0.15) is 0 Å². The Bertz CT molecular complexity index is 329. The third-order valence-electron chi connectivity index (χ3n) is 4.50. The van der Waals surface area contributed by atoms with Crippen LogP contribution in [0.25, 0.3) is 0 Å². The van der Waals surface area contributed by atoms with Gasteiger partial charge in [0.05, 0.1) is 12.5 Å². The van der Waals surface area contributed by atoms with Crippen molar-refractivity contribution < 1.29 is 9.59 Å². The largest absolute Gasteiger partial charge is 0.302 e. The summed E-state index contributed by atoms with van der Waals surface area (Å²) in [5, 5.41) is 3.40. The Morgan fingerprint density at radius 3 is 2.53 bits per heavy atom. The van der Waals surface area contributed by atoms with Gasteiger partial charge in [-0.3, -0.25) is 14.5 Å². The Kier molecular flexibility index (Phi) is 3.52. The maximum absolute atomic E-state index is 11.8. The van der Waals surface area contributed by atoms with Crippen molar-refractivity contribution in [2.45, 2.75) is 51.6 Å². The van der Waals surface area contributed by atoms with Crippen molar-refractivity contribution in [2.75, 3.05) is 7.05 Å². The average molecular weight is 238 g/mol. The zero-order valence-corrected chi connectivity index (χ0v) is 10.9. The molecule has 1 heterocycles. The van der Waals surface area contributed by atoms with Crippen LogP contribution in [0.3, 0.4) is 0 Å². The average Bonchev–Trinajstić information content (AvgIpc) is 2.53. The molecule has 1 aliphatic heterocycles. The molecular formula is C13H22N2O2. The number of carbonyl (C=O) groups excluding carboxylic acids is 2. The van der Waals surface area contributed by atoms with Crippen molar-refractivity contribution in [1.29, 1.82) is 0 Å². The van der Waals surface area contributed by atoms with Crippen LogP contribution < -0.4 is 5.32 Å². The van der Waals surface area contributed by atoms with E-state index in [1.807, 2.05) is 0 Å². The fraction of sp³-hybridized carbons (Fsp3) is 0.846. The van der Waals surface area contributed by atoms with Crippen molar-refractivity contribution in [1.82, 2.24) is 10.2 Å². The molecule has 0 aromatic carbocycles. The first-order valence-electron chi connectivity index (χ1n) is 6.57. The summed E-state index contributed by atoms with van der Waals surface area (Å²) >= 11 is 0. The van der Waals surface area contributed by atoms with Crippen LogP contribution in [0.15, 0.2) is 0 Å². The van der Waals surface area contributed by atoms with Crippen LogP contribution in [0, 0.1) is 11.8 Å². The molecule has 4 unspecified atom stereocenters. The molecule has 0 aromatic rings. The van der Waals surface area contributed by atoms with Crippen LogP contribution in [0.4, 0.5) is 0 Å². The summed E-state index contributed by atoms with van der Waals surface area (Å²) in [5.74, 6) is 1.15. The van der Waals surface area contributed by atoms with E-state index in [1.54, 1.807) is 7.05 Å². The van der Waals surface area contributed by atoms with E-state index in [-0.39, 0.29) is 17.9 Å². The van der Waals surface area contributed by atoms with Crippen LogP contribution in [-0.4, -0.2) is 35.8 Å². The number of carbonyl (C=O) groups is 2. The molecule has 2 rings (SSSR count). The third-order valence-corrected chi connectivity index (χ3v) is 4.50. The number of imide groups is 1. The zero-order valence-electron chi connectivity index (χ0n) is 10.9. The Hall–Kier alpha value is -0.900. The summed E-state index contributed by atoms with van der Waals surface area (Å²) in [6, 6.07) is 0.0947. The number of amides is 2. The van der Waals surface area contributed by atoms with Crippen LogP contribution in [-0.2, 0) is 9.59 Å². The van der Waals surface area contributed by atoms with Gasteiger partial charge in [0.25, 0.3) is 0 Å². The smallest absolute Gasteiger partial charge is 0.246 e. The lowest BCUT2D eigenvalue weighted by molar-refractivity contribution is -0.137. The van der Waals surface area contributed by atoms with Gasteiger partial charge in [-0.25, -0.2) is 0 Å².